The molecule has 0 radical (unpaired) electrons. The Bertz CT molecular complexity index is 289. The van der Waals surface area contributed by atoms with Gasteiger partial charge in [-0.2, -0.15) is 0 Å². The van der Waals surface area contributed by atoms with E-state index in [1.54, 1.807) is 0 Å². The van der Waals surface area contributed by atoms with Crippen LogP contribution in [-0.2, 0) is 14.4 Å². The molecule has 2 heterocycles. The summed E-state index contributed by atoms with van der Waals surface area (Å²) in [6.45, 7) is 2.58. The summed E-state index contributed by atoms with van der Waals surface area (Å²) in [7, 11) is 0. The number of carboxylic acid groups (broad SMARTS) is 1. The predicted octanol–water partition coefficient (Wildman–Crippen LogP) is 0.785. The molecule has 5 heteroatoms. The van der Waals surface area contributed by atoms with Gasteiger partial charge < -0.3 is 14.7 Å². The first-order chi connectivity index (χ1) is 6.61. The minimum atomic E-state index is -0.985. The molecule has 0 amide bonds. The first-order valence-electron chi connectivity index (χ1n) is 4.71. The van der Waals surface area contributed by atoms with Crippen molar-refractivity contribution in [2.24, 2.45) is 5.16 Å². The quantitative estimate of drug-likeness (QED) is 0.677. The predicted molar refractivity (Wildman–Crippen MR) is 48.2 cm³/mol. The Morgan fingerprint density at radius 1 is 1.71 bits per heavy atom. The zero-order chi connectivity index (χ0) is 10.2. The summed E-state index contributed by atoms with van der Waals surface area (Å²) in [5.74, 6) is -0.985. The Morgan fingerprint density at radius 3 is 3.07 bits per heavy atom. The van der Waals surface area contributed by atoms with E-state index in [1.807, 2.05) is 6.92 Å². The number of hydrogen-bond donors (Lipinski definition) is 1. The Labute approximate surface area is 81.7 Å². The van der Waals surface area contributed by atoms with Gasteiger partial charge in [0.15, 0.2) is 5.71 Å². The standard InChI is InChI=1S/C9H13NO4/c1-6-4-9(2-3-13-6)5-7(8(11)12)10-14-9/h6H,2-5H2,1H3,(H,11,12). The molecule has 2 aliphatic rings. The molecule has 1 N–H and O–H groups in total. The highest BCUT2D eigenvalue weighted by atomic mass is 16.7. The fourth-order valence-electron chi connectivity index (χ4n) is 2.01. The summed E-state index contributed by atoms with van der Waals surface area (Å²) < 4.78 is 5.38. The summed E-state index contributed by atoms with van der Waals surface area (Å²) in [5.41, 5.74) is -0.287. The molecule has 14 heavy (non-hydrogen) atoms. The van der Waals surface area contributed by atoms with Crippen LogP contribution in [0.25, 0.3) is 0 Å². The average molecular weight is 199 g/mol. The molecule has 1 fully saturated rings. The van der Waals surface area contributed by atoms with E-state index < -0.39 is 11.6 Å². The lowest BCUT2D eigenvalue weighted by Crippen LogP contribution is -2.40. The topological polar surface area (TPSA) is 68.1 Å². The zero-order valence-electron chi connectivity index (χ0n) is 8.02. The van der Waals surface area contributed by atoms with Gasteiger partial charge in [-0.1, -0.05) is 5.16 Å². The van der Waals surface area contributed by atoms with Crippen molar-refractivity contribution in [2.75, 3.05) is 6.61 Å². The van der Waals surface area contributed by atoms with Crippen molar-refractivity contribution in [3.8, 4) is 0 Å². The van der Waals surface area contributed by atoms with E-state index in [-0.39, 0.29) is 11.8 Å². The lowest BCUT2D eigenvalue weighted by Gasteiger charge is -2.34. The van der Waals surface area contributed by atoms with Crippen LogP contribution in [0.5, 0.6) is 0 Å². The van der Waals surface area contributed by atoms with Gasteiger partial charge in [0.25, 0.3) is 0 Å². The van der Waals surface area contributed by atoms with Crippen LogP contribution < -0.4 is 0 Å². The Hall–Kier alpha value is -1.10. The molecule has 2 aliphatic heterocycles. The lowest BCUT2D eigenvalue weighted by atomic mass is 9.86. The SMILES string of the molecule is CC1CC2(CCO1)CC(C(=O)O)=NO2. The molecule has 0 bridgehead atoms. The molecule has 78 valence electrons. The maximum Gasteiger partial charge on any atom is 0.353 e. The van der Waals surface area contributed by atoms with Crippen LogP contribution in [0.15, 0.2) is 5.16 Å². The summed E-state index contributed by atoms with van der Waals surface area (Å²) in [5, 5.41) is 12.4. The number of oxime groups is 1. The third-order valence-electron chi connectivity index (χ3n) is 2.71. The Balaban J connectivity index is 2.04. The Kier molecular flexibility index (Phi) is 2.19. The minimum absolute atomic E-state index is 0.118. The maximum atomic E-state index is 10.7. The van der Waals surface area contributed by atoms with Crippen LogP contribution in [0, 0.1) is 0 Å². The van der Waals surface area contributed by atoms with Crippen LogP contribution in [0.2, 0.25) is 0 Å². The highest BCUT2D eigenvalue weighted by Gasteiger charge is 2.44. The van der Waals surface area contributed by atoms with Crippen LogP contribution in [0.3, 0.4) is 0 Å². The van der Waals surface area contributed by atoms with E-state index in [2.05, 4.69) is 5.16 Å². The Morgan fingerprint density at radius 2 is 2.50 bits per heavy atom. The van der Waals surface area contributed by atoms with Crippen molar-refractivity contribution in [3.05, 3.63) is 0 Å². The van der Waals surface area contributed by atoms with E-state index in [4.69, 9.17) is 14.7 Å². The smallest absolute Gasteiger partial charge is 0.353 e. The van der Waals surface area contributed by atoms with Crippen LogP contribution >= 0.6 is 0 Å². The molecule has 1 spiro atoms. The summed E-state index contributed by atoms with van der Waals surface area (Å²) in [4.78, 5) is 15.9. The summed E-state index contributed by atoms with van der Waals surface area (Å²) >= 11 is 0. The van der Waals surface area contributed by atoms with Crippen molar-refractivity contribution in [1.29, 1.82) is 0 Å². The highest BCUT2D eigenvalue weighted by Crippen LogP contribution is 2.36. The summed E-state index contributed by atoms with van der Waals surface area (Å²) in [6.07, 6.45) is 1.95. The third kappa shape index (κ3) is 1.59. The van der Waals surface area contributed by atoms with E-state index in [0.29, 0.717) is 19.4 Å². The normalized spacial score (nSPS) is 36.6. The number of carboxylic acids is 1. The van der Waals surface area contributed by atoms with Gasteiger partial charge in [0, 0.05) is 19.3 Å². The van der Waals surface area contributed by atoms with Crippen molar-refractivity contribution >= 4 is 11.7 Å². The molecule has 2 rings (SSSR count). The third-order valence-corrected chi connectivity index (χ3v) is 2.71. The molecule has 0 aromatic rings. The average Bonchev–Trinajstić information content (AvgIpc) is 2.49. The first kappa shape index (κ1) is 9.45. The van der Waals surface area contributed by atoms with Crippen molar-refractivity contribution in [3.63, 3.8) is 0 Å². The van der Waals surface area contributed by atoms with Crippen molar-refractivity contribution in [2.45, 2.75) is 37.9 Å². The monoisotopic (exact) mass is 199 g/mol. The molecule has 2 unspecified atom stereocenters. The molecule has 0 saturated carbocycles. The lowest BCUT2D eigenvalue weighted by molar-refractivity contribution is -0.129. The molecular formula is C9H13NO4. The van der Waals surface area contributed by atoms with Crippen LogP contribution in [-0.4, -0.2) is 35.1 Å². The van der Waals surface area contributed by atoms with Gasteiger partial charge in [-0.15, -0.1) is 0 Å². The van der Waals surface area contributed by atoms with E-state index in [1.165, 1.54) is 0 Å². The first-order valence-corrected chi connectivity index (χ1v) is 4.71. The van der Waals surface area contributed by atoms with Gasteiger partial charge in [-0.05, 0) is 6.92 Å². The summed E-state index contributed by atoms with van der Waals surface area (Å²) in [6, 6.07) is 0. The maximum absolute atomic E-state index is 10.7. The molecule has 0 aromatic heterocycles. The molecule has 0 aromatic carbocycles. The van der Waals surface area contributed by atoms with Crippen LogP contribution in [0.1, 0.15) is 26.2 Å². The van der Waals surface area contributed by atoms with E-state index in [9.17, 15) is 4.79 Å². The van der Waals surface area contributed by atoms with Gasteiger partial charge in [-0.3, -0.25) is 0 Å². The number of ether oxygens (including phenoxy) is 1. The number of hydrogen-bond acceptors (Lipinski definition) is 4. The molecule has 2 atom stereocenters. The molecule has 5 nitrogen and oxygen atoms in total. The van der Waals surface area contributed by atoms with Crippen LogP contribution in [0.4, 0.5) is 0 Å². The second kappa shape index (κ2) is 3.24. The largest absolute Gasteiger partial charge is 0.477 e. The number of carbonyl (C=O) groups is 1. The van der Waals surface area contributed by atoms with E-state index in [0.717, 1.165) is 6.42 Å². The molecule has 1 saturated heterocycles. The van der Waals surface area contributed by atoms with Crippen molar-refractivity contribution in [1.82, 2.24) is 0 Å². The van der Waals surface area contributed by atoms with Gasteiger partial charge in [0.1, 0.15) is 5.60 Å². The molecular weight excluding hydrogens is 186 g/mol. The second-order valence-electron chi connectivity index (χ2n) is 3.93. The second-order valence-corrected chi connectivity index (χ2v) is 3.93. The zero-order valence-corrected chi connectivity index (χ0v) is 8.02. The van der Waals surface area contributed by atoms with Crippen molar-refractivity contribution < 1.29 is 19.5 Å². The highest BCUT2D eigenvalue weighted by molar-refractivity contribution is 6.36. The number of rotatable bonds is 1. The number of aliphatic carboxylic acids is 1. The van der Waals surface area contributed by atoms with Gasteiger partial charge in [0.2, 0.25) is 0 Å². The van der Waals surface area contributed by atoms with Gasteiger partial charge in [0.05, 0.1) is 12.7 Å². The van der Waals surface area contributed by atoms with Gasteiger partial charge >= 0.3 is 5.97 Å². The number of nitrogens with zero attached hydrogens (tertiary/aromatic N) is 1. The fourth-order valence-corrected chi connectivity index (χ4v) is 2.01. The minimum Gasteiger partial charge on any atom is -0.477 e. The van der Waals surface area contributed by atoms with Gasteiger partial charge in [-0.25, -0.2) is 4.79 Å². The van der Waals surface area contributed by atoms with E-state index >= 15 is 0 Å². The molecule has 0 aliphatic carbocycles. The fraction of sp³-hybridized carbons (Fsp3) is 0.778.